The van der Waals surface area contributed by atoms with Crippen LogP contribution in [0.5, 0.6) is 0 Å². The Morgan fingerprint density at radius 2 is 1.91 bits per heavy atom. The molecule has 1 unspecified atom stereocenters. The van der Waals surface area contributed by atoms with Crippen molar-refractivity contribution in [3.8, 4) is 0 Å². The van der Waals surface area contributed by atoms with Crippen molar-refractivity contribution in [1.82, 2.24) is 4.98 Å². The number of benzene rings is 1. The number of alkyl halides is 1. The fourth-order valence-corrected chi connectivity index (χ4v) is 4.78. The summed E-state index contributed by atoms with van der Waals surface area (Å²) in [6.07, 6.45) is 4.19. The van der Waals surface area contributed by atoms with Crippen molar-refractivity contribution in [2.75, 3.05) is 47.9 Å². The van der Waals surface area contributed by atoms with E-state index in [1.165, 1.54) is 25.7 Å². The molecule has 1 aliphatic carbocycles. The Morgan fingerprint density at radius 3 is 2.53 bits per heavy atom. The molecule has 1 aromatic carbocycles. The second kappa shape index (κ2) is 10.5. The number of rotatable bonds is 6. The first kappa shape index (κ1) is 24.8. The van der Waals surface area contributed by atoms with Gasteiger partial charge >= 0.3 is 0 Å². The standard InChI is InChI=1S/C25H31FN4O2.H3NS/c1-17(16-31)18-5-6-20(21(13-18)29-11-9-25(7-8-25)10-12-29)24(32)28-22-3-2-4-23(27-22)30-14-19(26)15-30;1-2/h2-6,13,17,19,31H,7-12,14-16H2,1H3,(H,27,28,32);2H,1H2. The van der Waals surface area contributed by atoms with Crippen LogP contribution in [0, 0.1) is 5.41 Å². The molecule has 0 radical (unpaired) electrons. The van der Waals surface area contributed by atoms with E-state index in [-0.39, 0.29) is 18.4 Å². The van der Waals surface area contributed by atoms with Gasteiger partial charge in [-0.1, -0.05) is 19.1 Å². The van der Waals surface area contributed by atoms with E-state index in [1.54, 1.807) is 6.07 Å². The summed E-state index contributed by atoms with van der Waals surface area (Å²) < 4.78 is 13.2. The quantitative estimate of drug-likeness (QED) is 0.464. The maximum atomic E-state index is 13.3. The summed E-state index contributed by atoms with van der Waals surface area (Å²) in [6.45, 7) is 4.64. The summed E-state index contributed by atoms with van der Waals surface area (Å²) in [7, 11) is 0. The number of carbonyl (C=O) groups is 1. The van der Waals surface area contributed by atoms with Crippen molar-refractivity contribution in [2.45, 2.75) is 44.7 Å². The van der Waals surface area contributed by atoms with Crippen LogP contribution in [0.4, 0.5) is 21.7 Å². The number of aromatic nitrogens is 1. The molecule has 0 bridgehead atoms. The lowest BCUT2D eigenvalue weighted by molar-refractivity contribution is 0.102. The molecule has 7 nitrogen and oxygen atoms in total. The molecule has 1 amide bonds. The summed E-state index contributed by atoms with van der Waals surface area (Å²) in [5.41, 5.74) is 3.12. The first-order valence-corrected chi connectivity index (χ1v) is 12.4. The van der Waals surface area contributed by atoms with Gasteiger partial charge in [0.15, 0.2) is 0 Å². The number of thiol groups is 1. The van der Waals surface area contributed by atoms with Crippen LogP contribution >= 0.6 is 12.8 Å². The molecule has 5 rings (SSSR count). The van der Waals surface area contributed by atoms with Gasteiger partial charge in [-0.25, -0.2) is 9.37 Å². The maximum Gasteiger partial charge on any atom is 0.258 e. The third kappa shape index (κ3) is 5.31. The van der Waals surface area contributed by atoms with Gasteiger partial charge in [-0.05, 0) is 60.9 Å². The van der Waals surface area contributed by atoms with Crippen molar-refractivity contribution < 1.29 is 14.3 Å². The molecule has 1 aromatic heterocycles. The third-order valence-electron chi connectivity index (χ3n) is 7.37. The Labute approximate surface area is 206 Å². The van der Waals surface area contributed by atoms with Gasteiger partial charge in [-0.2, -0.15) is 0 Å². The monoisotopic (exact) mass is 487 g/mol. The first-order valence-electron chi connectivity index (χ1n) is 11.9. The first-order chi connectivity index (χ1) is 16.5. The van der Waals surface area contributed by atoms with Crippen molar-refractivity contribution in [3.63, 3.8) is 0 Å². The minimum atomic E-state index is -0.809. The lowest BCUT2D eigenvalue weighted by Gasteiger charge is -2.35. The van der Waals surface area contributed by atoms with Crippen LogP contribution in [-0.2, 0) is 0 Å². The van der Waals surface area contributed by atoms with Gasteiger partial charge in [0, 0.05) is 31.3 Å². The van der Waals surface area contributed by atoms with Gasteiger partial charge in [0.25, 0.3) is 5.91 Å². The zero-order chi connectivity index (χ0) is 24.3. The van der Waals surface area contributed by atoms with Gasteiger partial charge in [0.05, 0.1) is 18.7 Å². The number of hydrogen-bond donors (Lipinski definition) is 4. The number of anilines is 3. The molecule has 3 fully saturated rings. The van der Waals surface area contributed by atoms with E-state index in [9.17, 15) is 14.3 Å². The zero-order valence-corrected chi connectivity index (χ0v) is 20.5. The summed E-state index contributed by atoms with van der Waals surface area (Å²) in [6, 6.07) is 11.3. The van der Waals surface area contributed by atoms with Gasteiger partial charge in [-0.3, -0.25) is 9.93 Å². The van der Waals surface area contributed by atoms with Crippen LogP contribution in [0.3, 0.4) is 0 Å². The molecule has 1 saturated carbocycles. The number of aliphatic hydroxyl groups excluding tert-OH is 1. The zero-order valence-electron chi connectivity index (χ0n) is 19.6. The van der Waals surface area contributed by atoms with Crippen molar-refractivity contribution in [3.05, 3.63) is 47.5 Å². The van der Waals surface area contributed by atoms with Crippen LogP contribution < -0.4 is 20.3 Å². The molecule has 2 saturated heterocycles. The lowest BCUT2D eigenvalue weighted by atomic mass is 9.92. The number of carbonyl (C=O) groups excluding carboxylic acids is 1. The summed E-state index contributed by atoms with van der Waals surface area (Å²) >= 11 is 3.03. The molecule has 4 N–H and O–H groups in total. The van der Waals surface area contributed by atoms with E-state index in [0.29, 0.717) is 35.7 Å². The second-order valence-electron chi connectivity index (χ2n) is 9.68. The number of halogens is 1. The number of aliphatic hydroxyl groups is 1. The Morgan fingerprint density at radius 1 is 1.21 bits per heavy atom. The molecule has 3 heterocycles. The fraction of sp³-hybridized carbons (Fsp3) is 0.520. The highest BCUT2D eigenvalue weighted by molar-refractivity contribution is 7.77. The number of nitrogens with two attached hydrogens (primary N) is 1. The van der Waals surface area contributed by atoms with Crippen LogP contribution in [-0.4, -0.2) is 55.0 Å². The maximum absolute atomic E-state index is 13.3. The van der Waals surface area contributed by atoms with E-state index in [4.69, 9.17) is 0 Å². The van der Waals surface area contributed by atoms with Crippen LogP contribution in [0.2, 0.25) is 0 Å². The highest BCUT2D eigenvalue weighted by Gasteiger charge is 2.44. The molecule has 2 aliphatic heterocycles. The number of nitrogens with zero attached hydrogens (tertiary/aromatic N) is 3. The summed E-state index contributed by atoms with van der Waals surface area (Å²) in [4.78, 5) is 22.0. The highest BCUT2D eigenvalue weighted by Crippen LogP contribution is 2.54. The number of amides is 1. The van der Waals surface area contributed by atoms with Gasteiger partial charge in [0.1, 0.15) is 17.8 Å². The van der Waals surface area contributed by atoms with E-state index >= 15 is 0 Å². The summed E-state index contributed by atoms with van der Waals surface area (Å²) in [5, 5.41) is 16.8. The van der Waals surface area contributed by atoms with E-state index in [0.717, 1.165) is 24.3 Å². The van der Waals surface area contributed by atoms with Crippen LogP contribution in [0.25, 0.3) is 0 Å². The Bertz CT molecular complexity index is 1000. The molecular formula is C25H34FN5O2S. The average molecular weight is 488 g/mol. The van der Waals surface area contributed by atoms with Gasteiger partial charge in [-0.15, -0.1) is 12.8 Å². The molecule has 2 aromatic rings. The minimum Gasteiger partial charge on any atom is -0.396 e. The molecule has 184 valence electrons. The van der Waals surface area contributed by atoms with Crippen molar-refractivity contribution in [2.24, 2.45) is 10.6 Å². The van der Waals surface area contributed by atoms with Crippen LogP contribution in [0.15, 0.2) is 36.4 Å². The van der Waals surface area contributed by atoms with E-state index < -0.39 is 6.17 Å². The van der Waals surface area contributed by atoms with Crippen molar-refractivity contribution >= 4 is 36.0 Å². The Kier molecular flexibility index (Phi) is 7.64. The SMILES string of the molecule is CC(CO)c1ccc(C(=O)Nc2cccc(N3CC(F)C3)n2)c(N2CCC3(CC2)CC3)c1.NS. The average Bonchev–Trinajstić information content (AvgIpc) is 3.61. The Balaban J connectivity index is 0.00000133. The number of pyridine rings is 1. The molecule has 9 heteroatoms. The summed E-state index contributed by atoms with van der Waals surface area (Å²) in [5.74, 6) is 0.949. The second-order valence-corrected chi connectivity index (χ2v) is 9.68. The fourth-order valence-electron chi connectivity index (χ4n) is 4.78. The normalized spacial score (nSPS) is 19.7. The molecular weight excluding hydrogens is 453 g/mol. The number of hydrogen-bond acceptors (Lipinski definition) is 7. The molecule has 34 heavy (non-hydrogen) atoms. The van der Waals surface area contributed by atoms with Crippen LogP contribution in [0.1, 0.15) is 54.4 Å². The van der Waals surface area contributed by atoms with Gasteiger partial charge < -0.3 is 20.2 Å². The van der Waals surface area contributed by atoms with E-state index in [1.807, 2.05) is 36.1 Å². The van der Waals surface area contributed by atoms with E-state index in [2.05, 4.69) is 39.2 Å². The third-order valence-corrected chi connectivity index (χ3v) is 7.37. The highest BCUT2D eigenvalue weighted by atomic mass is 32.1. The smallest absolute Gasteiger partial charge is 0.258 e. The minimum absolute atomic E-state index is 0.0135. The molecule has 1 spiro atoms. The predicted molar refractivity (Wildman–Crippen MR) is 138 cm³/mol. The lowest BCUT2D eigenvalue weighted by Crippen LogP contribution is -2.48. The molecule has 1 atom stereocenters. The van der Waals surface area contributed by atoms with Crippen molar-refractivity contribution in [1.29, 1.82) is 0 Å². The largest absolute Gasteiger partial charge is 0.396 e. The number of piperidine rings is 1. The topological polar surface area (TPSA) is 94.7 Å². The predicted octanol–water partition coefficient (Wildman–Crippen LogP) is 3.76. The number of nitrogens with one attached hydrogen (secondary N) is 1. The Hall–Kier alpha value is -2.36. The molecule has 3 aliphatic rings. The van der Waals surface area contributed by atoms with Gasteiger partial charge in [0.2, 0.25) is 0 Å².